The van der Waals surface area contributed by atoms with E-state index in [1.165, 1.54) is 0 Å². The predicted octanol–water partition coefficient (Wildman–Crippen LogP) is 3.14. The van der Waals surface area contributed by atoms with Crippen LogP contribution in [0.15, 0.2) is 42.5 Å². The van der Waals surface area contributed by atoms with E-state index in [0.29, 0.717) is 13.0 Å². The Labute approximate surface area is 117 Å². The minimum atomic E-state index is -0.649. The van der Waals surface area contributed by atoms with E-state index in [2.05, 4.69) is 0 Å². The van der Waals surface area contributed by atoms with Crippen LogP contribution in [0.4, 0.5) is 14.5 Å². The van der Waals surface area contributed by atoms with Gasteiger partial charge in [0.2, 0.25) is 0 Å². The third-order valence-corrected chi connectivity index (χ3v) is 3.22. The van der Waals surface area contributed by atoms with Crippen LogP contribution in [0.1, 0.15) is 11.1 Å². The Balaban J connectivity index is 2.11. The third-order valence-electron chi connectivity index (χ3n) is 3.22. The molecule has 20 heavy (non-hydrogen) atoms. The summed E-state index contributed by atoms with van der Waals surface area (Å²) in [4.78, 5) is 1.55. The maximum absolute atomic E-state index is 13.9. The Kier molecular flexibility index (Phi) is 4.69. The van der Waals surface area contributed by atoms with E-state index in [1.54, 1.807) is 11.9 Å². The van der Waals surface area contributed by atoms with Crippen LogP contribution in [-0.2, 0) is 13.0 Å². The Morgan fingerprint density at radius 1 is 1.00 bits per heavy atom. The van der Waals surface area contributed by atoms with Crippen LogP contribution in [0.3, 0.4) is 0 Å². The molecule has 0 saturated heterocycles. The number of hydrogen-bond acceptors (Lipinski definition) is 2. The molecule has 0 aliphatic rings. The molecule has 0 aliphatic carbocycles. The highest BCUT2D eigenvalue weighted by atomic mass is 19.1. The highest BCUT2D eigenvalue weighted by Gasteiger charge is 2.15. The zero-order chi connectivity index (χ0) is 14.5. The molecular weight excluding hydrogens is 260 g/mol. The minimum absolute atomic E-state index is 0.0573. The summed E-state index contributed by atoms with van der Waals surface area (Å²) in [6.45, 7) is 0.137. The molecule has 0 amide bonds. The van der Waals surface area contributed by atoms with E-state index in [9.17, 15) is 8.78 Å². The summed E-state index contributed by atoms with van der Waals surface area (Å²) < 4.78 is 27.8. The molecule has 2 aromatic rings. The Bertz CT molecular complexity index is 549. The second kappa shape index (κ2) is 6.48. The van der Waals surface area contributed by atoms with Gasteiger partial charge in [0.05, 0.1) is 6.61 Å². The average molecular weight is 277 g/mol. The molecule has 0 bridgehead atoms. The standard InChI is InChI=1S/C16H17F2NO/c1-19(8-7-12-5-3-2-4-6-12)16-14(17)9-13(11-20)10-15(16)18/h2-6,9-10,20H,7-8,11H2,1H3. The maximum atomic E-state index is 13.9. The first-order valence-electron chi connectivity index (χ1n) is 6.45. The quantitative estimate of drug-likeness (QED) is 0.907. The van der Waals surface area contributed by atoms with Gasteiger partial charge in [0.1, 0.15) is 17.3 Å². The number of hydrogen-bond donors (Lipinski definition) is 1. The topological polar surface area (TPSA) is 23.5 Å². The molecule has 0 radical (unpaired) electrons. The molecule has 0 fully saturated rings. The fraction of sp³-hybridized carbons (Fsp3) is 0.250. The zero-order valence-electron chi connectivity index (χ0n) is 11.3. The molecular formula is C16H17F2NO. The van der Waals surface area contributed by atoms with Crippen molar-refractivity contribution in [3.05, 3.63) is 65.2 Å². The molecule has 0 heterocycles. The molecule has 0 aromatic heterocycles. The molecule has 0 saturated carbocycles. The molecule has 2 aromatic carbocycles. The molecule has 2 rings (SSSR count). The average Bonchev–Trinajstić information content (AvgIpc) is 2.45. The van der Waals surface area contributed by atoms with Crippen molar-refractivity contribution in [1.82, 2.24) is 0 Å². The summed E-state index contributed by atoms with van der Waals surface area (Å²) in [5, 5.41) is 8.92. The largest absolute Gasteiger partial charge is 0.392 e. The van der Waals surface area contributed by atoms with Crippen molar-refractivity contribution in [2.45, 2.75) is 13.0 Å². The number of aliphatic hydroxyl groups excluding tert-OH is 1. The highest BCUT2D eigenvalue weighted by Crippen LogP contribution is 2.24. The van der Waals surface area contributed by atoms with Crippen LogP contribution in [0, 0.1) is 11.6 Å². The van der Waals surface area contributed by atoms with Gasteiger partial charge in [0.15, 0.2) is 0 Å². The van der Waals surface area contributed by atoms with E-state index in [4.69, 9.17) is 5.11 Å². The monoisotopic (exact) mass is 277 g/mol. The number of nitrogens with zero attached hydrogens (tertiary/aromatic N) is 1. The summed E-state index contributed by atoms with van der Waals surface area (Å²) in [6, 6.07) is 12.1. The van der Waals surface area contributed by atoms with E-state index in [1.807, 2.05) is 30.3 Å². The van der Waals surface area contributed by atoms with Crippen LogP contribution >= 0.6 is 0 Å². The first-order chi connectivity index (χ1) is 9.61. The van der Waals surface area contributed by atoms with Crippen LogP contribution in [-0.4, -0.2) is 18.7 Å². The zero-order valence-corrected chi connectivity index (χ0v) is 11.3. The lowest BCUT2D eigenvalue weighted by molar-refractivity contribution is 0.280. The normalized spacial score (nSPS) is 10.6. The fourth-order valence-corrected chi connectivity index (χ4v) is 2.13. The smallest absolute Gasteiger partial charge is 0.149 e. The summed E-state index contributed by atoms with van der Waals surface area (Å²) >= 11 is 0. The van der Waals surface area contributed by atoms with Crippen LogP contribution in [0.2, 0.25) is 0 Å². The second-order valence-electron chi connectivity index (χ2n) is 4.72. The van der Waals surface area contributed by atoms with Crippen molar-refractivity contribution >= 4 is 5.69 Å². The summed E-state index contributed by atoms with van der Waals surface area (Å²) in [5.41, 5.74) is 1.30. The first-order valence-corrected chi connectivity index (χ1v) is 6.45. The number of likely N-dealkylation sites (N-methyl/N-ethyl adjacent to an activating group) is 1. The number of benzene rings is 2. The molecule has 2 nitrogen and oxygen atoms in total. The van der Waals surface area contributed by atoms with Crippen molar-refractivity contribution in [2.75, 3.05) is 18.5 Å². The number of aliphatic hydroxyl groups is 1. The van der Waals surface area contributed by atoms with Crippen LogP contribution in [0.5, 0.6) is 0 Å². The van der Waals surface area contributed by atoms with Gasteiger partial charge in [-0.05, 0) is 29.7 Å². The second-order valence-corrected chi connectivity index (χ2v) is 4.72. The van der Waals surface area contributed by atoms with Crippen molar-refractivity contribution in [3.8, 4) is 0 Å². The van der Waals surface area contributed by atoms with Gasteiger partial charge in [-0.15, -0.1) is 0 Å². The van der Waals surface area contributed by atoms with Crippen LogP contribution in [0.25, 0.3) is 0 Å². The molecule has 0 atom stereocenters. The van der Waals surface area contributed by atoms with Crippen molar-refractivity contribution in [3.63, 3.8) is 0 Å². The fourth-order valence-electron chi connectivity index (χ4n) is 2.13. The molecule has 106 valence electrons. The lowest BCUT2D eigenvalue weighted by Gasteiger charge is -2.21. The number of rotatable bonds is 5. The molecule has 0 aliphatic heterocycles. The van der Waals surface area contributed by atoms with Gasteiger partial charge >= 0.3 is 0 Å². The van der Waals surface area contributed by atoms with Crippen molar-refractivity contribution < 1.29 is 13.9 Å². The van der Waals surface area contributed by atoms with Gasteiger partial charge < -0.3 is 10.0 Å². The minimum Gasteiger partial charge on any atom is -0.392 e. The van der Waals surface area contributed by atoms with Crippen molar-refractivity contribution in [1.29, 1.82) is 0 Å². The first kappa shape index (κ1) is 14.5. The van der Waals surface area contributed by atoms with E-state index < -0.39 is 11.6 Å². The molecule has 1 N–H and O–H groups in total. The summed E-state index contributed by atoms with van der Waals surface area (Å²) in [6.07, 6.45) is 0.706. The van der Waals surface area contributed by atoms with Gasteiger partial charge in [-0.3, -0.25) is 0 Å². The van der Waals surface area contributed by atoms with E-state index in [0.717, 1.165) is 17.7 Å². The highest BCUT2D eigenvalue weighted by molar-refractivity contribution is 5.50. The van der Waals surface area contributed by atoms with Crippen molar-refractivity contribution in [2.24, 2.45) is 0 Å². The lowest BCUT2D eigenvalue weighted by Crippen LogP contribution is -2.22. The number of halogens is 2. The van der Waals surface area contributed by atoms with E-state index in [-0.39, 0.29) is 17.9 Å². The van der Waals surface area contributed by atoms with Gasteiger partial charge in [-0.1, -0.05) is 30.3 Å². The molecule has 0 unspecified atom stereocenters. The lowest BCUT2D eigenvalue weighted by atomic mass is 10.1. The van der Waals surface area contributed by atoms with Crippen LogP contribution < -0.4 is 4.90 Å². The van der Waals surface area contributed by atoms with Gasteiger partial charge in [0.25, 0.3) is 0 Å². The molecule has 0 spiro atoms. The van der Waals surface area contributed by atoms with Gasteiger partial charge in [-0.2, -0.15) is 0 Å². The third kappa shape index (κ3) is 3.33. The predicted molar refractivity (Wildman–Crippen MR) is 75.7 cm³/mol. The van der Waals surface area contributed by atoms with Gasteiger partial charge in [-0.25, -0.2) is 8.78 Å². The Morgan fingerprint density at radius 2 is 1.60 bits per heavy atom. The SMILES string of the molecule is CN(CCc1ccccc1)c1c(F)cc(CO)cc1F. The van der Waals surface area contributed by atoms with Gasteiger partial charge in [0, 0.05) is 13.6 Å². The maximum Gasteiger partial charge on any atom is 0.149 e. The summed E-state index contributed by atoms with van der Waals surface area (Å²) in [7, 11) is 1.66. The Hall–Kier alpha value is -1.94. The Morgan fingerprint density at radius 3 is 2.15 bits per heavy atom. The molecule has 4 heteroatoms. The summed E-state index contributed by atoms with van der Waals surface area (Å²) in [5.74, 6) is -1.30. The van der Waals surface area contributed by atoms with E-state index >= 15 is 0 Å². The number of anilines is 1.